The van der Waals surface area contributed by atoms with Crippen molar-refractivity contribution in [2.45, 2.75) is 6.42 Å². The first-order valence-corrected chi connectivity index (χ1v) is 6.11. The molecule has 0 fully saturated rings. The lowest BCUT2D eigenvalue weighted by Crippen LogP contribution is -2.12. The summed E-state index contributed by atoms with van der Waals surface area (Å²) < 4.78 is 39.0. The monoisotopic (exact) mass is 263 g/mol. The lowest BCUT2D eigenvalue weighted by Gasteiger charge is -2.07. The van der Waals surface area contributed by atoms with Gasteiger partial charge in [-0.2, -0.15) is 0 Å². The summed E-state index contributed by atoms with van der Waals surface area (Å²) in [5.41, 5.74) is -0.667. The van der Waals surface area contributed by atoms with Crippen molar-refractivity contribution in [2.24, 2.45) is 0 Å². The number of aromatic carboxylic acids is 1. The van der Waals surface area contributed by atoms with Gasteiger partial charge >= 0.3 is 5.97 Å². The van der Waals surface area contributed by atoms with Crippen LogP contribution in [0.15, 0.2) is 18.2 Å². The van der Waals surface area contributed by atoms with E-state index < -0.39 is 35.0 Å². The van der Waals surface area contributed by atoms with Crippen molar-refractivity contribution in [1.29, 1.82) is 0 Å². The standard InChI is InChI=1S/C10H11F2NO3S/c11-5-2-6-17(16)13-8-4-1-3-7(9(8)12)10(14)15/h1,3-4,13H,2,5-6H2,(H,14,15). The van der Waals surface area contributed by atoms with E-state index in [0.29, 0.717) is 0 Å². The van der Waals surface area contributed by atoms with Crippen molar-refractivity contribution in [3.63, 3.8) is 0 Å². The van der Waals surface area contributed by atoms with Crippen LogP contribution in [0.3, 0.4) is 0 Å². The summed E-state index contributed by atoms with van der Waals surface area (Å²) >= 11 is 0. The van der Waals surface area contributed by atoms with Crippen molar-refractivity contribution in [1.82, 2.24) is 0 Å². The van der Waals surface area contributed by atoms with Crippen LogP contribution >= 0.6 is 0 Å². The van der Waals surface area contributed by atoms with Crippen molar-refractivity contribution in [3.8, 4) is 0 Å². The van der Waals surface area contributed by atoms with Gasteiger partial charge in [0.25, 0.3) is 0 Å². The van der Waals surface area contributed by atoms with Gasteiger partial charge in [0.2, 0.25) is 0 Å². The second kappa shape index (κ2) is 6.29. The number of benzene rings is 1. The van der Waals surface area contributed by atoms with E-state index in [1.807, 2.05) is 0 Å². The molecule has 94 valence electrons. The molecule has 0 amide bonds. The molecule has 1 atom stereocenters. The zero-order valence-electron chi connectivity index (χ0n) is 8.78. The fourth-order valence-corrected chi connectivity index (χ4v) is 2.01. The molecule has 1 aromatic carbocycles. The summed E-state index contributed by atoms with van der Waals surface area (Å²) in [4.78, 5) is 10.6. The van der Waals surface area contributed by atoms with E-state index in [-0.39, 0.29) is 17.9 Å². The molecular weight excluding hydrogens is 252 g/mol. The molecule has 1 unspecified atom stereocenters. The topological polar surface area (TPSA) is 66.4 Å². The second-order valence-electron chi connectivity index (χ2n) is 3.17. The van der Waals surface area contributed by atoms with E-state index in [2.05, 4.69) is 4.72 Å². The smallest absolute Gasteiger partial charge is 0.338 e. The van der Waals surface area contributed by atoms with Gasteiger partial charge in [-0.15, -0.1) is 0 Å². The van der Waals surface area contributed by atoms with Crippen molar-refractivity contribution in [2.75, 3.05) is 17.1 Å². The number of rotatable bonds is 6. The zero-order valence-corrected chi connectivity index (χ0v) is 9.60. The number of alkyl halides is 1. The third-order valence-electron chi connectivity index (χ3n) is 1.92. The van der Waals surface area contributed by atoms with Crippen LogP contribution in [0.25, 0.3) is 0 Å². The SMILES string of the molecule is O=C(O)c1cccc(NS(=O)CCCF)c1F. The van der Waals surface area contributed by atoms with Gasteiger partial charge in [0.15, 0.2) is 5.82 Å². The third-order valence-corrected chi connectivity index (χ3v) is 3.02. The molecule has 1 rings (SSSR count). The minimum Gasteiger partial charge on any atom is -0.478 e. The quantitative estimate of drug-likeness (QED) is 0.824. The van der Waals surface area contributed by atoms with Crippen LogP contribution in [-0.2, 0) is 11.0 Å². The zero-order chi connectivity index (χ0) is 12.8. The second-order valence-corrected chi connectivity index (χ2v) is 4.47. The Balaban J connectivity index is 2.81. The average molecular weight is 263 g/mol. The predicted molar refractivity (Wildman–Crippen MR) is 60.6 cm³/mol. The summed E-state index contributed by atoms with van der Waals surface area (Å²) in [5, 5.41) is 8.67. The summed E-state index contributed by atoms with van der Waals surface area (Å²) in [6.07, 6.45) is 0.0971. The van der Waals surface area contributed by atoms with Crippen LogP contribution in [0.2, 0.25) is 0 Å². The van der Waals surface area contributed by atoms with E-state index in [1.165, 1.54) is 12.1 Å². The summed E-state index contributed by atoms with van der Waals surface area (Å²) in [5.74, 6) is -2.35. The molecular formula is C10H11F2NO3S. The highest BCUT2D eigenvalue weighted by Gasteiger charge is 2.14. The Hall–Kier alpha value is -1.50. The number of nitrogens with one attached hydrogen (secondary N) is 1. The molecule has 0 aromatic heterocycles. The first-order valence-electron chi connectivity index (χ1n) is 4.79. The van der Waals surface area contributed by atoms with Gasteiger partial charge in [-0.1, -0.05) is 6.07 Å². The minimum absolute atomic E-state index is 0.0350. The van der Waals surface area contributed by atoms with Gasteiger partial charge in [0, 0.05) is 5.75 Å². The molecule has 0 saturated carbocycles. The van der Waals surface area contributed by atoms with E-state index in [0.717, 1.165) is 6.07 Å². The van der Waals surface area contributed by atoms with Crippen LogP contribution in [0.5, 0.6) is 0 Å². The maximum absolute atomic E-state index is 13.6. The molecule has 7 heteroatoms. The number of carboxylic acids is 1. The molecule has 0 aliphatic heterocycles. The molecule has 0 saturated heterocycles. The van der Waals surface area contributed by atoms with E-state index in [1.54, 1.807) is 0 Å². The van der Waals surface area contributed by atoms with Gasteiger partial charge in [0.05, 0.1) is 17.9 Å². The lowest BCUT2D eigenvalue weighted by atomic mass is 10.2. The number of hydrogen-bond donors (Lipinski definition) is 2. The minimum atomic E-state index is -1.63. The molecule has 0 radical (unpaired) electrons. The molecule has 0 heterocycles. The van der Waals surface area contributed by atoms with E-state index in [9.17, 15) is 17.8 Å². The summed E-state index contributed by atoms with van der Waals surface area (Å²) in [7, 11) is -1.63. The normalized spacial score (nSPS) is 12.1. The number of hydrogen-bond acceptors (Lipinski definition) is 2. The van der Waals surface area contributed by atoms with Crippen LogP contribution in [0.1, 0.15) is 16.8 Å². The van der Waals surface area contributed by atoms with Crippen LogP contribution in [0, 0.1) is 5.82 Å². The molecule has 1 aromatic rings. The summed E-state index contributed by atoms with van der Waals surface area (Å²) in [6, 6.07) is 3.71. The summed E-state index contributed by atoms with van der Waals surface area (Å²) in [6.45, 7) is -0.606. The first-order chi connectivity index (χ1) is 8.06. The molecule has 2 N–H and O–H groups in total. The Morgan fingerprint density at radius 3 is 2.76 bits per heavy atom. The Morgan fingerprint density at radius 1 is 1.47 bits per heavy atom. The fourth-order valence-electron chi connectivity index (χ4n) is 1.14. The molecule has 17 heavy (non-hydrogen) atoms. The van der Waals surface area contributed by atoms with Gasteiger partial charge in [-0.05, 0) is 18.6 Å². The molecule has 0 bridgehead atoms. The fraction of sp³-hybridized carbons (Fsp3) is 0.300. The van der Waals surface area contributed by atoms with Crippen LogP contribution in [0.4, 0.5) is 14.5 Å². The third kappa shape index (κ3) is 3.77. The maximum Gasteiger partial charge on any atom is 0.338 e. The maximum atomic E-state index is 13.6. The first kappa shape index (κ1) is 13.6. The average Bonchev–Trinajstić information content (AvgIpc) is 2.28. The highest BCUT2D eigenvalue weighted by Crippen LogP contribution is 2.18. The molecule has 0 aliphatic carbocycles. The molecule has 0 spiro atoms. The lowest BCUT2D eigenvalue weighted by molar-refractivity contribution is 0.0692. The van der Waals surface area contributed by atoms with Gasteiger partial charge in [-0.25, -0.2) is 13.4 Å². The molecule has 4 nitrogen and oxygen atoms in total. The van der Waals surface area contributed by atoms with Crippen molar-refractivity contribution in [3.05, 3.63) is 29.6 Å². The van der Waals surface area contributed by atoms with Crippen molar-refractivity contribution < 1.29 is 22.9 Å². The predicted octanol–water partition coefficient (Wildman–Crippen LogP) is 1.96. The van der Waals surface area contributed by atoms with Gasteiger partial charge < -0.3 is 9.83 Å². The highest BCUT2D eigenvalue weighted by molar-refractivity contribution is 7.86. The van der Waals surface area contributed by atoms with Crippen LogP contribution in [-0.4, -0.2) is 27.7 Å². The number of carbonyl (C=O) groups is 1. The highest BCUT2D eigenvalue weighted by atomic mass is 32.2. The van der Waals surface area contributed by atoms with Crippen LogP contribution < -0.4 is 4.72 Å². The van der Waals surface area contributed by atoms with Gasteiger partial charge in [0.1, 0.15) is 11.0 Å². The molecule has 0 aliphatic rings. The van der Waals surface area contributed by atoms with Crippen molar-refractivity contribution >= 4 is 22.6 Å². The Labute approximate surface area is 99.2 Å². The number of carboxylic acid groups (broad SMARTS) is 1. The Kier molecular flexibility index (Phi) is 5.02. The van der Waals surface area contributed by atoms with Gasteiger partial charge in [-0.3, -0.25) is 4.39 Å². The largest absolute Gasteiger partial charge is 0.478 e. The Bertz CT molecular complexity index is 440. The van der Waals surface area contributed by atoms with E-state index >= 15 is 0 Å². The number of halogens is 2. The number of anilines is 1. The Morgan fingerprint density at radius 2 is 2.18 bits per heavy atom. The van der Waals surface area contributed by atoms with E-state index in [4.69, 9.17) is 5.11 Å².